The fraction of sp³-hybridized carbons (Fsp3) is 0.333. The molecule has 6 nitrogen and oxygen atoms in total. The van der Waals surface area contributed by atoms with E-state index in [0.717, 1.165) is 12.0 Å². The van der Waals surface area contributed by atoms with Crippen molar-refractivity contribution in [2.75, 3.05) is 6.61 Å². The van der Waals surface area contributed by atoms with Crippen LogP contribution < -0.4 is 0 Å². The van der Waals surface area contributed by atoms with Crippen LogP contribution in [0.1, 0.15) is 42.3 Å². The Hall–Kier alpha value is -2.80. The predicted octanol–water partition coefficient (Wildman–Crippen LogP) is 3.25. The molecule has 2 atom stereocenters. The SMILES string of the molecule is CCOC(=O)[C@@H]1N(C(=O)c2ccc(CC)cc2)C(=S)O[C@]1(C)c1ccncc1. The molecule has 1 fully saturated rings. The molecule has 3 rings (SSSR count). The molecule has 0 aliphatic carbocycles. The van der Waals surface area contributed by atoms with E-state index in [1.807, 2.05) is 19.1 Å². The number of thiocarbonyl (C=S) groups is 1. The van der Waals surface area contributed by atoms with Gasteiger partial charge in [0.15, 0.2) is 11.6 Å². The van der Waals surface area contributed by atoms with E-state index < -0.39 is 23.5 Å². The molecule has 0 unspecified atom stereocenters. The lowest BCUT2D eigenvalue weighted by Gasteiger charge is -2.30. The molecule has 1 aliphatic rings. The second-order valence-electron chi connectivity index (χ2n) is 6.59. The summed E-state index contributed by atoms with van der Waals surface area (Å²) in [7, 11) is 0. The van der Waals surface area contributed by atoms with Crippen molar-refractivity contribution >= 4 is 29.3 Å². The maximum atomic E-state index is 13.2. The summed E-state index contributed by atoms with van der Waals surface area (Å²) in [4.78, 5) is 31.3. The summed E-state index contributed by atoms with van der Waals surface area (Å²) in [5.41, 5.74) is 1.04. The molecule has 0 saturated carbocycles. The highest BCUT2D eigenvalue weighted by molar-refractivity contribution is 7.80. The number of hydrogen-bond acceptors (Lipinski definition) is 6. The Morgan fingerprint density at radius 2 is 1.82 bits per heavy atom. The van der Waals surface area contributed by atoms with E-state index >= 15 is 0 Å². The Morgan fingerprint density at radius 1 is 1.18 bits per heavy atom. The number of carbonyl (C=O) groups is 2. The highest BCUT2D eigenvalue weighted by Gasteiger charge is 2.57. The molecule has 1 amide bonds. The molecule has 0 spiro atoms. The lowest BCUT2D eigenvalue weighted by molar-refractivity contribution is -0.151. The van der Waals surface area contributed by atoms with Gasteiger partial charge < -0.3 is 9.47 Å². The number of hydrogen-bond donors (Lipinski definition) is 0. The quantitative estimate of drug-likeness (QED) is 0.569. The molecular formula is C21H22N2O4S. The summed E-state index contributed by atoms with van der Waals surface area (Å²) in [6.07, 6.45) is 4.07. The third-order valence-electron chi connectivity index (χ3n) is 4.87. The minimum atomic E-state index is -1.18. The van der Waals surface area contributed by atoms with Gasteiger partial charge in [0.25, 0.3) is 11.1 Å². The zero-order chi connectivity index (χ0) is 20.3. The highest BCUT2D eigenvalue weighted by Crippen LogP contribution is 2.40. The monoisotopic (exact) mass is 398 g/mol. The summed E-state index contributed by atoms with van der Waals surface area (Å²) in [5.74, 6) is -0.969. The number of ether oxygens (including phenoxy) is 2. The third kappa shape index (κ3) is 3.49. The van der Waals surface area contributed by atoms with Crippen molar-refractivity contribution < 1.29 is 19.1 Å². The third-order valence-corrected chi connectivity index (χ3v) is 5.15. The van der Waals surface area contributed by atoms with Gasteiger partial charge in [-0.05, 0) is 62.3 Å². The van der Waals surface area contributed by atoms with Crippen LogP contribution in [0.3, 0.4) is 0 Å². The molecule has 1 aliphatic heterocycles. The van der Waals surface area contributed by atoms with Crippen LogP contribution in [0, 0.1) is 0 Å². The molecular weight excluding hydrogens is 376 g/mol. The van der Waals surface area contributed by atoms with Gasteiger partial charge in [-0.3, -0.25) is 14.7 Å². The van der Waals surface area contributed by atoms with Gasteiger partial charge in [0.2, 0.25) is 0 Å². The average Bonchev–Trinajstić information content (AvgIpc) is 2.99. The van der Waals surface area contributed by atoms with Crippen molar-refractivity contribution in [2.24, 2.45) is 0 Å². The van der Waals surface area contributed by atoms with Crippen LogP contribution in [0.25, 0.3) is 0 Å². The van der Waals surface area contributed by atoms with Gasteiger partial charge in [-0.1, -0.05) is 19.1 Å². The molecule has 2 aromatic rings. The molecule has 28 heavy (non-hydrogen) atoms. The Kier molecular flexibility index (Phi) is 5.74. The minimum Gasteiger partial charge on any atom is -0.464 e. The van der Waals surface area contributed by atoms with E-state index in [1.165, 1.54) is 4.90 Å². The topological polar surface area (TPSA) is 68.7 Å². The predicted molar refractivity (Wildman–Crippen MR) is 108 cm³/mol. The van der Waals surface area contributed by atoms with Crippen molar-refractivity contribution in [2.45, 2.75) is 38.8 Å². The number of aryl methyl sites for hydroxylation is 1. The first-order valence-electron chi connectivity index (χ1n) is 9.15. The van der Waals surface area contributed by atoms with Crippen LogP contribution in [0.15, 0.2) is 48.8 Å². The van der Waals surface area contributed by atoms with Crippen molar-refractivity contribution in [1.82, 2.24) is 9.88 Å². The van der Waals surface area contributed by atoms with Crippen LogP contribution in [-0.4, -0.2) is 39.6 Å². The van der Waals surface area contributed by atoms with Gasteiger partial charge in [0, 0.05) is 23.5 Å². The second kappa shape index (κ2) is 8.06. The summed E-state index contributed by atoms with van der Waals surface area (Å²) < 4.78 is 11.2. The standard InChI is InChI=1S/C21H22N2O4S/c1-4-14-6-8-15(9-7-14)18(24)23-17(19(25)26-5-2)21(3,27-20(23)28)16-10-12-22-13-11-16/h6-13,17H,4-5H2,1-3H3/t17-,21+/m0/s1. The number of carbonyl (C=O) groups excluding carboxylic acids is 2. The van der Waals surface area contributed by atoms with Crippen molar-refractivity contribution in [3.05, 3.63) is 65.5 Å². The number of amides is 1. The van der Waals surface area contributed by atoms with E-state index in [-0.39, 0.29) is 11.8 Å². The largest absolute Gasteiger partial charge is 0.464 e. The summed E-state index contributed by atoms with van der Waals surface area (Å²) in [6, 6.07) is 9.66. The highest BCUT2D eigenvalue weighted by atomic mass is 32.1. The number of nitrogens with zero attached hydrogens (tertiary/aromatic N) is 2. The number of esters is 1. The van der Waals surface area contributed by atoms with E-state index in [1.54, 1.807) is 50.5 Å². The number of rotatable bonds is 5. The summed E-state index contributed by atoms with van der Waals surface area (Å²) in [5, 5.41) is -0.0538. The molecule has 0 radical (unpaired) electrons. The molecule has 1 aromatic carbocycles. The van der Waals surface area contributed by atoms with Crippen LogP contribution in [0.5, 0.6) is 0 Å². The number of aromatic nitrogens is 1. The smallest absolute Gasteiger partial charge is 0.333 e. The fourth-order valence-electron chi connectivity index (χ4n) is 3.31. The van der Waals surface area contributed by atoms with Gasteiger partial charge >= 0.3 is 5.97 Å². The molecule has 0 bridgehead atoms. The van der Waals surface area contributed by atoms with Crippen molar-refractivity contribution in [3.63, 3.8) is 0 Å². The first kappa shape index (κ1) is 19.9. The van der Waals surface area contributed by atoms with Crippen LogP contribution >= 0.6 is 12.2 Å². The maximum Gasteiger partial charge on any atom is 0.333 e. The maximum absolute atomic E-state index is 13.2. The summed E-state index contributed by atoms with van der Waals surface area (Å²) >= 11 is 5.35. The molecule has 0 N–H and O–H groups in total. The second-order valence-corrected chi connectivity index (χ2v) is 6.94. The van der Waals surface area contributed by atoms with Crippen molar-refractivity contribution in [3.8, 4) is 0 Å². The van der Waals surface area contributed by atoms with Crippen LogP contribution in [0.4, 0.5) is 0 Å². The Balaban J connectivity index is 2.04. The van der Waals surface area contributed by atoms with E-state index in [9.17, 15) is 9.59 Å². The van der Waals surface area contributed by atoms with Crippen molar-refractivity contribution in [1.29, 1.82) is 0 Å². The fourth-order valence-corrected chi connectivity index (χ4v) is 3.67. The molecule has 7 heteroatoms. The average molecular weight is 398 g/mol. The van der Waals surface area contributed by atoms with E-state index in [2.05, 4.69) is 4.98 Å². The van der Waals surface area contributed by atoms with Gasteiger partial charge in [-0.25, -0.2) is 4.79 Å². The lowest BCUT2D eigenvalue weighted by Crippen LogP contribution is -2.50. The minimum absolute atomic E-state index is 0.0538. The first-order valence-corrected chi connectivity index (χ1v) is 9.55. The molecule has 1 aromatic heterocycles. The van der Waals surface area contributed by atoms with E-state index in [0.29, 0.717) is 11.1 Å². The normalized spacial score (nSPS) is 21.3. The van der Waals surface area contributed by atoms with Gasteiger partial charge in [-0.2, -0.15) is 0 Å². The molecule has 146 valence electrons. The number of benzene rings is 1. The lowest BCUT2D eigenvalue weighted by atomic mass is 9.88. The zero-order valence-electron chi connectivity index (χ0n) is 16.0. The van der Waals surface area contributed by atoms with Crippen LogP contribution in [-0.2, 0) is 26.3 Å². The Bertz CT molecular complexity index is 885. The van der Waals surface area contributed by atoms with Gasteiger partial charge in [0.1, 0.15) is 0 Å². The molecule has 1 saturated heterocycles. The molecule has 2 heterocycles. The van der Waals surface area contributed by atoms with Gasteiger partial charge in [-0.15, -0.1) is 0 Å². The summed E-state index contributed by atoms with van der Waals surface area (Å²) in [6.45, 7) is 5.66. The van der Waals surface area contributed by atoms with E-state index in [4.69, 9.17) is 21.7 Å². The van der Waals surface area contributed by atoms with Crippen LogP contribution in [0.2, 0.25) is 0 Å². The Labute approximate surface area is 169 Å². The first-order chi connectivity index (χ1) is 13.4. The zero-order valence-corrected chi connectivity index (χ0v) is 16.9. The number of pyridine rings is 1. The van der Waals surface area contributed by atoms with Gasteiger partial charge in [0.05, 0.1) is 6.61 Å². The Morgan fingerprint density at radius 3 is 2.39 bits per heavy atom.